The molecule has 0 bridgehead atoms. The number of nitrogens with zero attached hydrogens (tertiary/aromatic N) is 1. The second kappa shape index (κ2) is 14.6. The predicted molar refractivity (Wildman–Crippen MR) is 199 cm³/mol. The van der Waals surface area contributed by atoms with Crippen LogP contribution in [0.25, 0.3) is 0 Å². The van der Waals surface area contributed by atoms with E-state index in [2.05, 4.69) is 5.32 Å². The highest BCUT2D eigenvalue weighted by Gasteiger charge is 2.65. The molecule has 0 radical (unpaired) electrons. The minimum atomic E-state index is -3.99. The van der Waals surface area contributed by atoms with Crippen LogP contribution in [0.1, 0.15) is 88.1 Å². The van der Waals surface area contributed by atoms with Crippen LogP contribution in [0.4, 0.5) is 14.9 Å². The quantitative estimate of drug-likeness (QED) is 0.230. The van der Waals surface area contributed by atoms with Crippen LogP contribution < -0.4 is 19.7 Å². The normalized spacial score (nSPS) is 20.2. The van der Waals surface area contributed by atoms with Crippen molar-refractivity contribution in [1.82, 2.24) is 10.0 Å². The average molecular weight is 791 g/mol. The number of ether oxygens (including phenoxy) is 2. The van der Waals surface area contributed by atoms with Gasteiger partial charge in [-0.05, 0) is 84.3 Å². The molecule has 53 heavy (non-hydrogen) atoms. The molecule has 2 N–H and O–H groups in total. The van der Waals surface area contributed by atoms with Gasteiger partial charge in [-0.3, -0.25) is 14.4 Å². The summed E-state index contributed by atoms with van der Waals surface area (Å²) < 4.78 is 53.6. The SMILES string of the molecule is CCC(CC)(Oc1ccc(Cl)cc1C1CC(=O)NC(c2cc(F)ccc2C)C12C(=O)N(C(=O)OCC(C)(C)C)c1cc(Cl)ccc12)C(=O)NS(C)(=O)=O. The third-order valence-electron chi connectivity index (χ3n) is 9.75. The number of imide groups is 1. The Bertz CT molecular complexity index is 2100. The van der Waals surface area contributed by atoms with Crippen molar-refractivity contribution in [3.8, 4) is 5.75 Å². The van der Waals surface area contributed by atoms with Gasteiger partial charge >= 0.3 is 6.09 Å². The number of rotatable bonds is 9. The number of carbonyl (C=O) groups excluding carboxylic acids is 4. The van der Waals surface area contributed by atoms with E-state index in [0.29, 0.717) is 5.56 Å². The number of fused-ring (bicyclic) bond motifs is 2. The van der Waals surface area contributed by atoms with Crippen molar-refractivity contribution in [1.29, 1.82) is 0 Å². The topological polar surface area (TPSA) is 148 Å². The van der Waals surface area contributed by atoms with Gasteiger partial charge in [-0.2, -0.15) is 0 Å². The molecule has 3 aromatic rings. The lowest BCUT2D eigenvalue weighted by atomic mass is 9.58. The Balaban J connectivity index is 1.83. The fourth-order valence-corrected chi connectivity index (χ4v) is 8.06. The second-order valence-corrected chi connectivity index (χ2v) is 17.4. The molecule has 3 aromatic carbocycles. The first-order chi connectivity index (χ1) is 24.7. The molecule has 5 rings (SSSR count). The van der Waals surface area contributed by atoms with Crippen LogP contribution in [0.5, 0.6) is 5.75 Å². The van der Waals surface area contributed by atoms with Crippen LogP contribution in [-0.2, 0) is 34.6 Å². The molecule has 0 aliphatic carbocycles. The number of amides is 4. The maximum Gasteiger partial charge on any atom is 0.421 e. The van der Waals surface area contributed by atoms with E-state index >= 15 is 9.18 Å². The van der Waals surface area contributed by atoms with Gasteiger partial charge in [0.1, 0.15) is 17.0 Å². The summed E-state index contributed by atoms with van der Waals surface area (Å²) in [5.74, 6) is -3.98. The standard InChI is InChI=1S/C38H42Cl2FN3O8S/c1-8-37(9-2,33(46)43-53(7,49)50)52-30-15-12-22(39)16-26(30)28-19-31(45)42-32(25-18-24(41)13-10-21(25)3)38(28)27-14-11-23(40)17-29(27)44(34(38)47)35(48)51-20-36(4,5)6/h10-18,28,32H,8-9,19-20H2,1-7H3,(H,42,45)(H,43,46). The van der Waals surface area contributed by atoms with Gasteiger partial charge in [0.25, 0.3) is 5.91 Å². The zero-order valence-corrected chi connectivity index (χ0v) is 32.8. The summed E-state index contributed by atoms with van der Waals surface area (Å²) in [7, 11) is -3.99. The highest BCUT2D eigenvalue weighted by atomic mass is 35.5. The van der Waals surface area contributed by atoms with E-state index < -0.39 is 68.0 Å². The largest absolute Gasteiger partial charge is 0.477 e. The summed E-state index contributed by atoms with van der Waals surface area (Å²) in [6, 6.07) is 11.8. The van der Waals surface area contributed by atoms with Crippen molar-refractivity contribution in [2.24, 2.45) is 5.41 Å². The zero-order valence-electron chi connectivity index (χ0n) is 30.4. The van der Waals surface area contributed by atoms with Crippen LogP contribution in [0.3, 0.4) is 0 Å². The lowest BCUT2D eigenvalue weighted by molar-refractivity contribution is -0.136. The molecule has 11 nitrogen and oxygen atoms in total. The van der Waals surface area contributed by atoms with Gasteiger partial charge in [-0.15, -0.1) is 0 Å². The van der Waals surface area contributed by atoms with Gasteiger partial charge in [0.05, 0.1) is 24.6 Å². The fraction of sp³-hybridized carbons (Fsp3) is 0.421. The van der Waals surface area contributed by atoms with Crippen molar-refractivity contribution in [3.05, 3.63) is 92.7 Å². The highest BCUT2D eigenvalue weighted by Crippen LogP contribution is 2.61. The van der Waals surface area contributed by atoms with Crippen LogP contribution in [-0.4, -0.2) is 50.7 Å². The van der Waals surface area contributed by atoms with Crippen LogP contribution in [0.15, 0.2) is 54.6 Å². The number of piperidine rings is 1. The number of halogens is 3. The molecule has 284 valence electrons. The lowest BCUT2D eigenvalue weighted by Gasteiger charge is -2.47. The van der Waals surface area contributed by atoms with Crippen LogP contribution in [0, 0.1) is 18.2 Å². The molecule has 2 heterocycles. The summed E-state index contributed by atoms with van der Waals surface area (Å²) in [5.41, 5.74) is -2.64. The monoisotopic (exact) mass is 789 g/mol. The van der Waals surface area contributed by atoms with Crippen molar-refractivity contribution >= 4 is 62.7 Å². The molecule has 2 aliphatic rings. The maximum absolute atomic E-state index is 15.5. The summed E-state index contributed by atoms with van der Waals surface area (Å²) in [4.78, 5) is 57.8. The number of hydrogen-bond donors (Lipinski definition) is 2. The van der Waals surface area contributed by atoms with E-state index in [1.165, 1.54) is 42.5 Å². The molecule has 3 atom stereocenters. The number of hydrogen-bond acceptors (Lipinski definition) is 8. The molecule has 15 heteroatoms. The van der Waals surface area contributed by atoms with E-state index in [9.17, 15) is 22.8 Å². The third kappa shape index (κ3) is 7.61. The Hall–Kier alpha value is -4.20. The van der Waals surface area contributed by atoms with Gasteiger partial charge in [0.15, 0.2) is 5.60 Å². The Labute approximate surface area is 318 Å². The summed E-state index contributed by atoms with van der Waals surface area (Å²) >= 11 is 13.1. The first-order valence-electron chi connectivity index (χ1n) is 17.0. The summed E-state index contributed by atoms with van der Waals surface area (Å²) in [5, 5.41) is 3.34. The fourth-order valence-electron chi connectivity index (χ4n) is 7.19. The average Bonchev–Trinajstić information content (AvgIpc) is 3.31. The van der Waals surface area contributed by atoms with Crippen LogP contribution in [0.2, 0.25) is 10.0 Å². The van der Waals surface area contributed by atoms with Gasteiger partial charge in [-0.1, -0.05) is 70.0 Å². The van der Waals surface area contributed by atoms with E-state index in [4.69, 9.17) is 32.7 Å². The van der Waals surface area contributed by atoms with E-state index in [0.717, 1.165) is 11.2 Å². The molecule has 2 aliphatic heterocycles. The molecule has 4 amide bonds. The second-order valence-electron chi connectivity index (χ2n) is 14.7. The molecule has 3 unspecified atom stereocenters. The molecule has 1 spiro atoms. The minimum Gasteiger partial charge on any atom is -0.477 e. The van der Waals surface area contributed by atoms with Crippen molar-refractivity contribution in [2.75, 3.05) is 17.8 Å². The molecule has 1 saturated heterocycles. The highest BCUT2D eigenvalue weighted by molar-refractivity contribution is 7.89. The van der Waals surface area contributed by atoms with Crippen molar-refractivity contribution in [2.45, 2.75) is 83.8 Å². The minimum absolute atomic E-state index is 0.0297. The van der Waals surface area contributed by atoms with Gasteiger partial charge < -0.3 is 14.8 Å². The van der Waals surface area contributed by atoms with Crippen LogP contribution >= 0.6 is 23.2 Å². The number of sulfonamides is 1. The number of nitrogens with one attached hydrogen (secondary N) is 2. The Morgan fingerprint density at radius 1 is 1.00 bits per heavy atom. The first kappa shape index (κ1) is 40.0. The first-order valence-corrected chi connectivity index (χ1v) is 19.7. The van der Waals surface area contributed by atoms with Crippen molar-refractivity contribution in [3.63, 3.8) is 0 Å². The summed E-state index contributed by atoms with van der Waals surface area (Å²) in [6.07, 6.45) is -0.418. The molecular weight excluding hydrogens is 748 g/mol. The molecule has 0 saturated carbocycles. The van der Waals surface area contributed by atoms with Crippen molar-refractivity contribution < 1.29 is 41.5 Å². The summed E-state index contributed by atoms with van der Waals surface area (Å²) in [6.45, 7) is 10.6. The Kier molecular flexibility index (Phi) is 11.0. The Morgan fingerprint density at radius 2 is 1.64 bits per heavy atom. The zero-order chi connectivity index (χ0) is 39.3. The Morgan fingerprint density at radius 3 is 2.26 bits per heavy atom. The molecule has 1 fully saturated rings. The maximum atomic E-state index is 15.5. The van der Waals surface area contributed by atoms with E-state index in [-0.39, 0.29) is 64.0 Å². The van der Waals surface area contributed by atoms with Gasteiger partial charge in [-0.25, -0.2) is 27.2 Å². The van der Waals surface area contributed by atoms with Gasteiger partial charge in [0, 0.05) is 27.9 Å². The lowest BCUT2D eigenvalue weighted by Crippen LogP contribution is -2.59. The number of benzene rings is 3. The van der Waals surface area contributed by atoms with E-state index in [1.54, 1.807) is 32.9 Å². The third-order valence-corrected chi connectivity index (χ3v) is 10.8. The van der Waals surface area contributed by atoms with Gasteiger partial charge in [0.2, 0.25) is 21.8 Å². The predicted octanol–water partition coefficient (Wildman–Crippen LogP) is 7.27. The number of anilines is 1. The molecule has 0 aromatic heterocycles. The molecular formula is C38H42Cl2FN3O8S. The number of aryl methyl sites for hydroxylation is 1. The van der Waals surface area contributed by atoms with E-state index in [1.807, 2.05) is 25.5 Å². The number of carbonyl (C=O) groups is 4. The smallest absolute Gasteiger partial charge is 0.421 e.